The van der Waals surface area contributed by atoms with Gasteiger partial charge in [0.05, 0.1) is 0 Å². The third-order valence-electron chi connectivity index (χ3n) is 4.32. The van der Waals surface area contributed by atoms with Gasteiger partial charge in [0, 0.05) is 26.1 Å². The van der Waals surface area contributed by atoms with Gasteiger partial charge < -0.3 is 16.0 Å². The Morgan fingerprint density at radius 2 is 2.04 bits per heavy atom. The Kier molecular flexibility index (Phi) is 8.79. The van der Waals surface area contributed by atoms with Crippen molar-refractivity contribution in [2.45, 2.75) is 38.6 Å². The van der Waals surface area contributed by atoms with E-state index < -0.39 is 6.04 Å². The van der Waals surface area contributed by atoms with E-state index in [9.17, 15) is 9.59 Å². The summed E-state index contributed by atoms with van der Waals surface area (Å²) in [6, 6.07) is 8.86. The Labute approximate surface area is 150 Å². The summed E-state index contributed by atoms with van der Waals surface area (Å²) >= 11 is 0. The van der Waals surface area contributed by atoms with Crippen LogP contribution in [0.5, 0.6) is 0 Å². The van der Waals surface area contributed by atoms with Crippen molar-refractivity contribution in [2.24, 2.45) is 11.7 Å². The molecule has 2 unspecified atom stereocenters. The summed E-state index contributed by atoms with van der Waals surface area (Å²) in [6.07, 6.45) is 3.42. The third-order valence-corrected chi connectivity index (χ3v) is 4.32. The number of nitrogens with one attached hydrogen (secondary N) is 1. The molecule has 3 N–H and O–H groups in total. The van der Waals surface area contributed by atoms with Crippen LogP contribution in [0.15, 0.2) is 30.3 Å². The summed E-state index contributed by atoms with van der Waals surface area (Å²) in [5.41, 5.74) is 6.96. The zero-order chi connectivity index (χ0) is 16.7. The van der Waals surface area contributed by atoms with Gasteiger partial charge in [0.15, 0.2) is 0 Å². The molecule has 0 aliphatic carbocycles. The highest BCUT2D eigenvalue weighted by Gasteiger charge is 2.27. The maximum atomic E-state index is 12.6. The maximum absolute atomic E-state index is 12.6. The Morgan fingerprint density at radius 1 is 1.33 bits per heavy atom. The summed E-state index contributed by atoms with van der Waals surface area (Å²) in [7, 11) is 0. The number of halogens is 1. The van der Waals surface area contributed by atoms with E-state index in [0.717, 1.165) is 31.4 Å². The fraction of sp³-hybridized carbons (Fsp3) is 0.556. The SMILES string of the molecule is CCCC(=O)NCC1CCCN(C(=O)C(N)c2ccccc2)C1.Cl. The molecule has 1 aromatic carbocycles. The number of benzene rings is 1. The highest BCUT2D eigenvalue weighted by Crippen LogP contribution is 2.20. The van der Waals surface area contributed by atoms with Crippen LogP contribution < -0.4 is 11.1 Å². The summed E-state index contributed by atoms with van der Waals surface area (Å²) in [4.78, 5) is 26.0. The number of hydrogen-bond donors (Lipinski definition) is 2. The molecule has 1 fully saturated rings. The Balaban J connectivity index is 0.00000288. The van der Waals surface area contributed by atoms with Crippen molar-refractivity contribution >= 4 is 24.2 Å². The lowest BCUT2D eigenvalue weighted by atomic mass is 9.96. The van der Waals surface area contributed by atoms with Gasteiger partial charge in [0.2, 0.25) is 11.8 Å². The molecular formula is C18H28ClN3O2. The smallest absolute Gasteiger partial charge is 0.244 e. The maximum Gasteiger partial charge on any atom is 0.244 e. The molecule has 1 aliphatic heterocycles. The Bertz CT molecular complexity index is 524. The molecule has 1 aliphatic rings. The minimum Gasteiger partial charge on any atom is -0.356 e. The molecule has 2 atom stereocenters. The van der Waals surface area contributed by atoms with Crippen LogP contribution in [0, 0.1) is 5.92 Å². The van der Waals surface area contributed by atoms with E-state index in [1.807, 2.05) is 42.2 Å². The fourth-order valence-corrected chi connectivity index (χ4v) is 3.01. The number of rotatable bonds is 6. The molecule has 0 radical (unpaired) electrons. The first kappa shape index (κ1) is 20.5. The molecule has 134 valence electrons. The van der Waals surface area contributed by atoms with Gasteiger partial charge >= 0.3 is 0 Å². The largest absolute Gasteiger partial charge is 0.356 e. The molecule has 0 bridgehead atoms. The molecule has 1 heterocycles. The molecule has 5 nitrogen and oxygen atoms in total. The number of amides is 2. The molecule has 24 heavy (non-hydrogen) atoms. The number of nitrogens with two attached hydrogens (primary N) is 1. The number of carbonyl (C=O) groups is 2. The fourth-order valence-electron chi connectivity index (χ4n) is 3.01. The van der Waals surface area contributed by atoms with E-state index in [1.165, 1.54) is 0 Å². The normalized spacial score (nSPS) is 18.4. The first-order valence-corrected chi connectivity index (χ1v) is 8.47. The first-order chi connectivity index (χ1) is 11.1. The number of nitrogens with zero attached hydrogens (tertiary/aromatic N) is 1. The topological polar surface area (TPSA) is 75.4 Å². The molecule has 0 aromatic heterocycles. The van der Waals surface area contributed by atoms with E-state index in [1.54, 1.807) is 0 Å². The highest BCUT2D eigenvalue weighted by molar-refractivity contribution is 5.85. The number of likely N-dealkylation sites (tertiary alicyclic amines) is 1. The van der Waals surface area contributed by atoms with Crippen LogP contribution in [0.2, 0.25) is 0 Å². The van der Waals surface area contributed by atoms with Crippen molar-refractivity contribution in [3.8, 4) is 0 Å². The lowest BCUT2D eigenvalue weighted by Crippen LogP contribution is -2.46. The Morgan fingerprint density at radius 3 is 2.71 bits per heavy atom. The molecule has 2 rings (SSSR count). The van der Waals surface area contributed by atoms with Crippen LogP contribution in [0.1, 0.15) is 44.2 Å². The highest BCUT2D eigenvalue weighted by atomic mass is 35.5. The third kappa shape index (κ3) is 5.80. The van der Waals surface area contributed by atoms with Gasteiger partial charge in [0.1, 0.15) is 6.04 Å². The van der Waals surface area contributed by atoms with Crippen LogP contribution >= 0.6 is 12.4 Å². The number of piperidine rings is 1. The standard InChI is InChI=1S/C18H27N3O2.ClH/c1-2-7-16(22)20-12-14-8-6-11-21(13-14)18(23)17(19)15-9-4-3-5-10-15;/h3-5,9-10,14,17H,2,6-8,11-13,19H2,1H3,(H,20,22);1H. The predicted molar refractivity (Wildman–Crippen MR) is 97.8 cm³/mol. The van der Waals surface area contributed by atoms with E-state index >= 15 is 0 Å². The van der Waals surface area contributed by atoms with Crippen molar-refractivity contribution < 1.29 is 9.59 Å². The van der Waals surface area contributed by atoms with Crippen molar-refractivity contribution in [3.63, 3.8) is 0 Å². The second-order valence-corrected chi connectivity index (χ2v) is 6.23. The van der Waals surface area contributed by atoms with Gasteiger partial charge in [0.25, 0.3) is 0 Å². The summed E-state index contributed by atoms with van der Waals surface area (Å²) < 4.78 is 0. The quantitative estimate of drug-likeness (QED) is 0.823. The van der Waals surface area contributed by atoms with E-state index in [4.69, 9.17) is 5.73 Å². The van der Waals surface area contributed by atoms with Crippen LogP contribution in [0.3, 0.4) is 0 Å². The van der Waals surface area contributed by atoms with Gasteiger partial charge in [-0.2, -0.15) is 0 Å². The van der Waals surface area contributed by atoms with Crippen molar-refractivity contribution in [1.82, 2.24) is 10.2 Å². The average Bonchev–Trinajstić information content (AvgIpc) is 2.60. The number of carbonyl (C=O) groups excluding carboxylic acids is 2. The van der Waals surface area contributed by atoms with Crippen molar-refractivity contribution in [3.05, 3.63) is 35.9 Å². The molecule has 6 heteroatoms. The lowest BCUT2D eigenvalue weighted by Gasteiger charge is -2.34. The van der Waals surface area contributed by atoms with Crippen molar-refractivity contribution in [1.29, 1.82) is 0 Å². The second kappa shape index (κ2) is 10.3. The molecule has 1 aromatic rings. The molecule has 2 amide bonds. The summed E-state index contributed by atoms with van der Waals surface area (Å²) in [5, 5.41) is 2.97. The Hall–Kier alpha value is -1.59. The van der Waals surface area contributed by atoms with Gasteiger partial charge in [-0.25, -0.2) is 0 Å². The van der Waals surface area contributed by atoms with E-state index in [2.05, 4.69) is 5.32 Å². The van der Waals surface area contributed by atoms with Gasteiger partial charge in [-0.15, -0.1) is 12.4 Å². The average molecular weight is 354 g/mol. The molecule has 0 saturated carbocycles. The summed E-state index contributed by atoms with van der Waals surface area (Å²) in [5.74, 6) is 0.384. The zero-order valence-corrected chi connectivity index (χ0v) is 15.1. The summed E-state index contributed by atoms with van der Waals surface area (Å²) in [6.45, 7) is 4.05. The van der Waals surface area contributed by atoms with Crippen molar-refractivity contribution in [2.75, 3.05) is 19.6 Å². The minimum atomic E-state index is -0.607. The first-order valence-electron chi connectivity index (χ1n) is 8.47. The minimum absolute atomic E-state index is 0. The zero-order valence-electron chi connectivity index (χ0n) is 14.2. The van der Waals surface area contributed by atoms with Crippen LogP contribution in [-0.2, 0) is 9.59 Å². The van der Waals surface area contributed by atoms with Gasteiger partial charge in [-0.3, -0.25) is 9.59 Å². The van der Waals surface area contributed by atoms with Crippen LogP contribution in [0.25, 0.3) is 0 Å². The second-order valence-electron chi connectivity index (χ2n) is 6.23. The van der Waals surface area contributed by atoms with Gasteiger partial charge in [-0.05, 0) is 30.7 Å². The van der Waals surface area contributed by atoms with E-state index in [0.29, 0.717) is 25.4 Å². The molecular weight excluding hydrogens is 326 g/mol. The van der Waals surface area contributed by atoms with Gasteiger partial charge in [-0.1, -0.05) is 37.3 Å². The van der Waals surface area contributed by atoms with E-state index in [-0.39, 0.29) is 24.2 Å². The molecule has 0 spiro atoms. The molecule has 1 saturated heterocycles. The lowest BCUT2D eigenvalue weighted by molar-refractivity contribution is -0.134. The monoisotopic (exact) mass is 353 g/mol. The van der Waals surface area contributed by atoms with Crippen LogP contribution in [0.4, 0.5) is 0 Å². The predicted octanol–water partition coefficient (Wildman–Crippen LogP) is 2.26. The number of hydrogen-bond acceptors (Lipinski definition) is 3. The van der Waals surface area contributed by atoms with Crippen LogP contribution in [-0.4, -0.2) is 36.3 Å².